The predicted octanol–water partition coefficient (Wildman–Crippen LogP) is 3.36. The highest BCUT2D eigenvalue weighted by molar-refractivity contribution is 5.94. The van der Waals surface area contributed by atoms with Gasteiger partial charge >= 0.3 is 5.97 Å². The number of carbonyl (C=O) groups excluding carboxylic acids is 2. The van der Waals surface area contributed by atoms with E-state index in [0.29, 0.717) is 30.9 Å². The first-order valence-electron chi connectivity index (χ1n) is 9.71. The van der Waals surface area contributed by atoms with Crippen LogP contribution in [0.4, 0.5) is 5.69 Å². The number of fused-ring (bicyclic) bond motifs is 1. The van der Waals surface area contributed by atoms with Crippen LogP contribution in [0.2, 0.25) is 0 Å². The summed E-state index contributed by atoms with van der Waals surface area (Å²) in [5.41, 5.74) is 1.79. The van der Waals surface area contributed by atoms with E-state index < -0.39 is 5.97 Å². The van der Waals surface area contributed by atoms with E-state index in [2.05, 4.69) is 12.2 Å². The zero-order chi connectivity index (χ0) is 20.5. The molecule has 2 aromatic rings. The number of rotatable bonds is 10. The summed E-state index contributed by atoms with van der Waals surface area (Å²) in [7, 11) is 0. The van der Waals surface area contributed by atoms with Crippen molar-refractivity contribution in [2.24, 2.45) is 0 Å². The Morgan fingerprint density at radius 2 is 1.59 bits per heavy atom. The molecule has 7 heteroatoms. The maximum atomic E-state index is 11.8. The van der Waals surface area contributed by atoms with Crippen LogP contribution in [0.15, 0.2) is 42.5 Å². The SMILES string of the molecule is CCCOc1ccc(OCCOC(=O)COc2ccc3c(c2)CCC(=O)N3)cc1. The second-order valence-corrected chi connectivity index (χ2v) is 6.54. The van der Waals surface area contributed by atoms with Gasteiger partial charge in [0.2, 0.25) is 5.91 Å². The number of amides is 1. The number of anilines is 1. The van der Waals surface area contributed by atoms with Crippen molar-refractivity contribution >= 4 is 17.6 Å². The molecule has 0 unspecified atom stereocenters. The fraction of sp³-hybridized carbons (Fsp3) is 0.364. The van der Waals surface area contributed by atoms with E-state index in [4.69, 9.17) is 18.9 Å². The smallest absolute Gasteiger partial charge is 0.344 e. The lowest BCUT2D eigenvalue weighted by molar-refractivity contribution is -0.146. The quantitative estimate of drug-likeness (QED) is 0.487. The van der Waals surface area contributed by atoms with Crippen molar-refractivity contribution in [1.82, 2.24) is 0 Å². The van der Waals surface area contributed by atoms with Crippen molar-refractivity contribution in [3.63, 3.8) is 0 Å². The third-order valence-corrected chi connectivity index (χ3v) is 4.24. The number of benzene rings is 2. The summed E-state index contributed by atoms with van der Waals surface area (Å²) in [6, 6.07) is 12.6. The second kappa shape index (κ2) is 10.4. The molecule has 154 valence electrons. The minimum absolute atomic E-state index is 0.0118. The lowest BCUT2D eigenvalue weighted by Crippen LogP contribution is -2.20. The van der Waals surface area contributed by atoms with Crippen LogP contribution in [-0.2, 0) is 20.7 Å². The van der Waals surface area contributed by atoms with Gasteiger partial charge in [0, 0.05) is 12.1 Å². The number of aryl methyl sites for hydroxylation is 1. The zero-order valence-electron chi connectivity index (χ0n) is 16.4. The standard InChI is InChI=1S/C22H25NO6/c1-2-11-26-17-4-6-18(7-5-17)27-12-13-28-22(25)15-29-19-8-9-20-16(14-19)3-10-21(24)23-20/h4-9,14H,2-3,10-13,15H2,1H3,(H,23,24). The Morgan fingerprint density at radius 1 is 0.897 bits per heavy atom. The number of hydrogen-bond acceptors (Lipinski definition) is 6. The third-order valence-electron chi connectivity index (χ3n) is 4.24. The van der Waals surface area contributed by atoms with E-state index in [1.807, 2.05) is 30.3 Å². The first kappa shape index (κ1) is 20.5. The Balaban J connectivity index is 1.33. The van der Waals surface area contributed by atoms with Crippen molar-refractivity contribution in [3.8, 4) is 17.2 Å². The Bertz CT molecular complexity index is 834. The fourth-order valence-corrected chi connectivity index (χ4v) is 2.80. The summed E-state index contributed by atoms with van der Waals surface area (Å²) in [4.78, 5) is 23.2. The number of nitrogens with one attached hydrogen (secondary N) is 1. The molecule has 0 atom stereocenters. The second-order valence-electron chi connectivity index (χ2n) is 6.54. The summed E-state index contributed by atoms with van der Waals surface area (Å²) in [5, 5.41) is 2.80. The molecule has 7 nitrogen and oxygen atoms in total. The van der Waals surface area contributed by atoms with Crippen LogP contribution >= 0.6 is 0 Å². The summed E-state index contributed by atoms with van der Waals surface area (Å²) < 4.78 is 21.6. The van der Waals surface area contributed by atoms with E-state index in [1.54, 1.807) is 12.1 Å². The van der Waals surface area contributed by atoms with Gasteiger partial charge in [-0.2, -0.15) is 0 Å². The first-order chi connectivity index (χ1) is 14.1. The van der Waals surface area contributed by atoms with Gasteiger partial charge < -0.3 is 24.3 Å². The summed E-state index contributed by atoms with van der Waals surface area (Å²) in [6.45, 7) is 2.93. The molecule has 1 aliphatic rings. The van der Waals surface area contributed by atoms with Crippen LogP contribution in [0.1, 0.15) is 25.3 Å². The molecule has 1 heterocycles. The Labute approximate surface area is 169 Å². The van der Waals surface area contributed by atoms with Crippen LogP contribution in [0.25, 0.3) is 0 Å². The van der Waals surface area contributed by atoms with Crippen LogP contribution in [-0.4, -0.2) is 38.3 Å². The van der Waals surface area contributed by atoms with Gasteiger partial charge in [-0.3, -0.25) is 4.79 Å². The maximum Gasteiger partial charge on any atom is 0.344 e. The largest absolute Gasteiger partial charge is 0.494 e. The highest BCUT2D eigenvalue weighted by atomic mass is 16.6. The minimum Gasteiger partial charge on any atom is -0.494 e. The summed E-state index contributed by atoms with van der Waals surface area (Å²) in [5.74, 6) is 1.59. The van der Waals surface area contributed by atoms with Crippen LogP contribution in [0.3, 0.4) is 0 Å². The third kappa shape index (κ3) is 6.41. The predicted molar refractivity (Wildman–Crippen MR) is 108 cm³/mol. The van der Waals surface area contributed by atoms with Crippen LogP contribution in [0.5, 0.6) is 17.2 Å². The fourth-order valence-electron chi connectivity index (χ4n) is 2.80. The van der Waals surface area contributed by atoms with Gasteiger partial charge in [-0.1, -0.05) is 6.92 Å². The highest BCUT2D eigenvalue weighted by Crippen LogP contribution is 2.26. The molecule has 0 aromatic heterocycles. The van der Waals surface area contributed by atoms with E-state index >= 15 is 0 Å². The zero-order valence-corrected chi connectivity index (χ0v) is 16.4. The topological polar surface area (TPSA) is 83.1 Å². The van der Waals surface area contributed by atoms with Crippen molar-refractivity contribution in [2.75, 3.05) is 31.7 Å². The first-order valence-corrected chi connectivity index (χ1v) is 9.71. The van der Waals surface area contributed by atoms with Crippen molar-refractivity contribution in [3.05, 3.63) is 48.0 Å². The van der Waals surface area contributed by atoms with Gasteiger partial charge in [0.15, 0.2) is 6.61 Å². The van der Waals surface area contributed by atoms with Gasteiger partial charge in [0.05, 0.1) is 6.61 Å². The Morgan fingerprint density at radius 3 is 2.31 bits per heavy atom. The van der Waals surface area contributed by atoms with Crippen molar-refractivity contribution in [2.45, 2.75) is 26.2 Å². The van der Waals surface area contributed by atoms with E-state index in [9.17, 15) is 9.59 Å². The average Bonchev–Trinajstić information content (AvgIpc) is 2.74. The molecule has 29 heavy (non-hydrogen) atoms. The van der Waals surface area contributed by atoms with Crippen molar-refractivity contribution < 1.29 is 28.5 Å². The number of hydrogen-bond donors (Lipinski definition) is 1. The number of ether oxygens (including phenoxy) is 4. The number of carbonyl (C=O) groups is 2. The monoisotopic (exact) mass is 399 g/mol. The number of esters is 1. The molecular weight excluding hydrogens is 374 g/mol. The van der Waals surface area contributed by atoms with Gasteiger partial charge in [-0.05, 0) is 60.9 Å². The van der Waals surface area contributed by atoms with Gasteiger partial charge in [-0.25, -0.2) is 4.79 Å². The molecule has 0 bridgehead atoms. The molecule has 0 saturated carbocycles. The molecule has 0 aliphatic carbocycles. The van der Waals surface area contributed by atoms with Crippen LogP contribution < -0.4 is 19.5 Å². The van der Waals surface area contributed by atoms with Crippen LogP contribution in [0, 0.1) is 0 Å². The molecular formula is C22H25NO6. The van der Waals surface area contributed by atoms with E-state index in [1.165, 1.54) is 0 Å². The van der Waals surface area contributed by atoms with E-state index in [0.717, 1.165) is 23.4 Å². The van der Waals surface area contributed by atoms with Gasteiger partial charge in [0.1, 0.15) is 30.5 Å². The molecule has 2 aromatic carbocycles. The van der Waals surface area contributed by atoms with Gasteiger partial charge in [-0.15, -0.1) is 0 Å². The summed E-state index contributed by atoms with van der Waals surface area (Å²) >= 11 is 0. The summed E-state index contributed by atoms with van der Waals surface area (Å²) in [6.07, 6.45) is 2.07. The lowest BCUT2D eigenvalue weighted by Gasteiger charge is -2.17. The highest BCUT2D eigenvalue weighted by Gasteiger charge is 2.15. The maximum absolute atomic E-state index is 11.8. The molecule has 1 N–H and O–H groups in total. The van der Waals surface area contributed by atoms with Crippen molar-refractivity contribution in [1.29, 1.82) is 0 Å². The molecule has 0 radical (unpaired) electrons. The minimum atomic E-state index is -0.470. The molecule has 3 rings (SSSR count). The Hall–Kier alpha value is -3.22. The lowest BCUT2D eigenvalue weighted by atomic mass is 10.0. The van der Waals surface area contributed by atoms with Gasteiger partial charge in [0.25, 0.3) is 0 Å². The molecule has 1 amide bonds. The molecule has 0 saturated heterocycles. The molecule has 0 fully saturated rings. The average molecular weight is 399 g/mol. The Kier molecular flexibility index (Phi) is 7.33. The molecule has 1 aliphatic heterocycles. The normalized spacial score (nSPS) is 12.5. The molecule has 0 spiro atoms. The van der Waals surface area contributed by atoms with E-state index in [-0.39, 0.29) is 25.7 Å².